The van der Waals surface area contributed by atoms with Crippen LogP contribution >= 0.6 is 22.9 Å². The van der Waals surface area contributed by atoms with Gasteiger partial charge in [-0.3, -0.25) is 0 Å². The second-order valence-corrected chi connectivity index (χ2v) is 4.53. The van der Waals surface area contributed by atoms with Crippen LogP contribution in [0.3, 0.4) is 0 Å². The summed E-state index contributed by atoms with van der Waals surface area (Å²) in [6.45, 7) is 2.07. The van der Waals surface area contributed by atoms with Crippen LogP contribution in [-0.2, 0) is 0 Å². The van der Waals surface area contributed by atoms with Gasteiger partial charge >= 0.3 is 0 Å². The zero-order valence-electron chi connectivity index (χ0n) is 8.27. The van der Waals surface area contributed by atoms with Crippen molar-refractivity contribution >= 4 is 28.1 Å². The van der Waals surface area contributed by atoms with Gasteiger partial charge in [0.25, 0.3) is 0 Å². The van der Waals surface area contributed by atoms with E-state index in [-0.39, 0.29) is 6.04 Å². The molecular weight excluding hydrogens is 228 g/mol. The van der Waals surface area contributed by atoms with Gasteiger partial charge in [0.15, 0.2) is 5.13 Å². The predicted molar refractivity (Wildman–Crippen MR) is 65.6 cm³/mol. The van der Waals surface area contributed by atoms with E-state index in [1.54, 1.807) is 17.5 Å². The normalized spacial score (nSPS) is 12.4. The van der Waals surface area contributed by atoms with E-state index >= 15 is 0 Å². The number of nitrogens with zero attached hydrogens (tertiary/aromatic N) is 1. The summed E-state index contributed by atoms with van der Waals surface area (Å²) in [7, 11) is 0. The molecule has 0 amide bonds. The number of hydrogen-bond donors (Lipinski definition) is 1. The van der Waals surface area contributed by atoms with E-state index in [2.05, 4.69) is 17.2 Å². The van der Waals surface area contributed by atoms with Gasteiger partial charge in [0.05, 0.1) is 6.04 Å². The smallest absolute Gasteiger partial charge is 0.183 e. The highest BCUT2D eigenvalue weighted by Gasteiger charge is 2.09. The number of benzene rings is 1. The van der Waals surface area contributed by atoms with E-state index in [0.717, 1.165) is 15.7 Å². The summed E-state index contributed by atoms with van der Waals surface area (Å²) in [5.74, 6) is 0. The molecule has 2 aromatic rings. The van der Waals surface area contributed by atoms with Gasteiger partial charge in [-0.15, -0.1) is 11.3 Å². The van der Waals surface area contributed by atoms with Crippen molar-refractivity contribution in [1.82, 2.24) is 4.98 Å². The van der Waals surface area contributed by atoms with Crippen LogP contribution in [0.1, 0.15) is 18.5 Å². The maximum absolute atomic E-state index is 6.10. The van der Waals surface area contributed by atoms with E-state index in [1.807, 2.05) is 29.6 Å². The number of thiazole rings is 1. The van der Waals surface area contributed by atoms with Gasteiger partial charge in [-0.05, 0) is 18.6 Å². The monoisotopic (exact) mass is 238 g/mol. The lowest BCUT2D eigenvalue weighted by atomic mass is 10.1. The van der Waals surface area contributed by atoms with Gasteiger partial charge in [-0.2, -0.15) is 0 Å². The topological polar surface area (TPSA) is 24.9 Å². The first-order valence-corrected chi connectivity index (χ1v) is 5.93. The highest BCUT2D eigenvalue weighted by molar-refractivity contribution is 7.13. The van der Waals surface area contributed by atoms with Crippen LogP contribution in [0.4, 0.5) is 5.13 Å². The Hall–Kier alpha value is -1.06. The van der Waals surface area contributed by atoms with Gasteiger partial charge < -0.3 is 5.32 Å². The molecule has 1 heterocycles. The van der Waals surface area contributed by atoms with Crippen LogP contribution in [0, 0.1) is 0 Å². The SMILES string of the molecule is CC(Nc1nccs1)c1ccccc1Cl. The summed E-state index contributed by atoms with van der Waals surface area (Å²) in [6, 6.07) is 8.01. The summed E-state index contributed by atoms with van der Waals surface area (Å²) in [6.07, 6.45) is 1.78. The molecule has 4 heteroatoms. The fraction of sp³-hybridized carbons (Fsp3) is 0.182. The predicted octanol–water partition coefficient (Wildman–Crippen LogP) is 3.97. The molecule has 0 radical (unpaired) electrons. The van der Waals surface area contributed by atoms with Gasteiger partial charge in [0.2, 0.25) is 0 Å². The molecule has 2 nitrogen and oxygen atoms in total. The van der Waals surface area contributed by atoms with Gasteiger partial charge in [0, 0.05) is 16.6 Å². The lowest BCUT2D eigenvalue weighted by molar-refractivity contribution is 0.882. The summed E-state index contributed by atoms with van der Waals surface area (Å²) in [5, 5.41) is 6.95. The van der Waals surface area contributed by atoms with E-state index in [0.29, 0.717) is 0 Å². The molecule has 0 saturated carbocycles. The van der Waals surface area contributed by atoms with Crippen LogP contribution in [0.2, 0.25) is 5.02 Å². The van der Waals surface area contributed by atoms with Crippen molar-refractivity contribution in [3.05, 3.63) is 46.4 Å². The Morgan fingerprint density at radius 3 is 2.87 bits per heavy atom. The average Bonchev–Trinajstić information content (AvgIpc) is 2.71. The average molecular weight is 239 g/mol. The number of hydrogen-bond acceptors (Lipinski definition) is 3. The minimum absolute atomic E-state index is 0.171. The van der Waals surface area contributed by atoms with Crippen LogP contribution in [0.15, 0.2) is 35.8 Å². The van der Waals surface area contributed by atoms with E-state index in [9.17, 15) is 0 Å². The van der Waals surface area contributed by atoms with Crippen molar-refractivity contribution in [1.29, 1.82) is 0 Å². The first-order valence-electron chi connectivity index (χ1n) is 4.68. The van der Waals surface area contributed by atoms with Crippen LogP contribution < -0.4 is 5.32 Å². The molecule has 0 saturated heterocycles. The lowest BCUT2D eigenvalue weighted by Gasteiger charge is -2.14. The molecule has 0 aliphatic rings. The molecule has 1 unspecified atom stereocenters. The van der Waals surface area contributed by atoms with Gasteiger partial charge in [0.1, 0.15) is 0 Å². The van der Waals surface area contributed by atoms with Crippen molar-refractivity contribution in [2.45, 2.75) is 13.0 Å². The van der Waals surface area contributed by atoms with Gasteiger partial charge in [-0.1, -0.05) is 29.8 Å². The Labute approximate surface area is 97.9 Å². The molecule has 0 spiro atoms. The molecule has 0 bridgehead atoms. The molecule has 1 aromatic carbocycles. The third kappa shape index (κ3) is 2.49. The van der Waals surface area contributed by atoms with E-state index in [4.69, 9.17) is 11.6 Å². The largest absolute Gasteiger partial charge is 0.355 e. The van der Waals surface area contributed by atoms with Crippen molar-refractivity contribution in [3.8, 4) is 0 Å². The Morgan fingerprint density at radius 1 is 1.40 bits per heavy atom. The fourth-order valence-electron chi connectivity index (χ4n) is 1.38. The molecule has 1 aromatic heterocycles. The zero-order chi connectivity index (χ0) is 10.7. The minimum Gasteiger partial charge on any atom is -0.355 e. The van der Waals surface area contributed by atoms with Crippen LogP contribution in [-0.4, -0.2) is 4.98 Å². The lowest BCUT2D eigenvalue weighted by Crippen LogP contribution is -2.06. The third-order valence-electron chi connectivity index (χ3n) is 2.14. The second-order valence-electron chi connectivity index (χ2n) is 3.22. The Kier molecular flexibility index (Phi) is 3.23. The molecule has 15 heavy (non-hydrogen) atoms. The molecule has 0 aliphatic carbocycles. The molecule has 0 aliphatic heterocycles. The zero-order valence-corrected chi connectivity index (χ0v) is 9.85. The number of halogens is 1. The maximum Gasteiger partial charge on any atom is 0.183 e. The maximum atomic E-state index is 6.10. The fourth-order valence-corrected chi connectivity index (χ4v) is 2.30. The van der Waals surface area contributed by atoms with E-state index in [1.165, 1.54) is 0 Å². The van der Waals surface area contributed by atoms with Crippen molar-refractivity contribution < 1.29 is 0 Å². The molecule has 78 valence electrons. The van der Waals surface area contributed by atoms with Crippen LogP contribution in [0.5, 0.6) is 0 Å². The first kappa shape index (κ1) is 10.5. The van der Waals surface area contributed by atoms with Gasteiger partial charge in [-0.25, -0.2) is 4.98 Å². The van der Waals surface area contributed by atoms with Crippen molar-refractivity contribution in [2.24, 2.45) is 0 Å². The Balaban J connectivity index is 2.15. The second kappa shape index (κ2) is 4.64. The number of rotatable bonds is 3. The molecule has 1 N–H and O–H groups in total. The Bertz CT molecular complexity index is 428. The Morgan fingerprint density at radius 2 is 2.20 bits per heavy atom. The van der Waals surface area contributed by atoms with E-state index < -0.39 is 0 Å². The highest BCUT2D eigenvalue weighted by atomic mass is 35.5. The number of nitrogens with one attached hydrogen (secondary N) is 1. The summed E-state index contributed by atoms with van der Waals surface area (Å²) >= 11 is 7.69. The molecular formula is C11H11ClN2S. The van der Waals surface area contributed by atoms with Crippen molar-refractivity contribution in [3.63, 3.8) is 0 Å². The molecule has 2 rings (SSSR count). The highest BCUT2D eigenvalue weighted by Crippen LogP contribution is 2.26. The quantitative estimate of drug-likeness (QED) is 0.875. The summed E-state index contributed by atoms with van der Waals surface area (Å²) < 4.78 is 0. The summed E-state index contributed by atoms with van der Waals surface area (Å²) in [4.78, 5) is 4.18. The minimum atomic E-state index is 0.171. The third-order valence-corrected chi connectivity index (χ3v) is 3.19. The van der Waals surface area contributed by atoms with Crippen molar-refractivity contribution in [2.75, 3.05) is 5.32 Å². The molecule has 0 fully saturated rings. The van der Waals surface area contributed by atoms with Crippen LogP contribution in [0.25, 0.3) is 0 Å². The molecule has 1 atom stereocenters. The summed E-state index contributed by atoms with van der Waals surface area (Å²) in [5.41, 5.74) is 1.09. The number of anilines is 1. The first-order chi connectivity index (χ1) is 7.27. The number of aromatic nitrogens is 1. The standard InChI is InChI=1S/C11H11ClN2S/c1-8(14-11-13-6-7-15-11)9-4-2-3-5-10(9)12/h2-8H,1H3,(H,13,14).